The largest absolute Gasteiger partial charge is 0.283 e. The second-order valence-corrected chi connectivity index (χ2v) is 5.69. The Labute approximate surface area is 104 Å². The van der Waals surface area contributed by atoms with Crippen LogP contribution in [0.2, 0.25) is 0 Å². The molecule has 1 heterocycles. The van der Waals surface area contributed by atoms with Gasteiger partial charge in [-0.1, -0.05) is 28.1 Å². The van der Waals surface area contributed by atoms with Crippen molar-refractivity contribution >= 4 is 32.7 Å². The maximum Gasteiger partial charge on any atom is 0.0679 e. The molecule has 0 spiro atoms. The minimum absolute atomic E-state index is 1.03. The highest BCUT2D eigenvalue weighted by Crippen LogP contribution is 2.18. The third-order valence-electron chi connectivity index (χ3n) is 2.40. The van der Waals surface area contributed by atoms with Gasteiger partial charge in [0.25, 0.3) is 0 Å². The van der Waals surface area contributed by atoms with Gasteiger partial charge in [-0.05, 0) is 37.0 Å². The second-order valence-electron chi connectivity index (χ2n) is 3.60. The fraction of sp³-hybridized carbons (Fsp3) is 0.417. The van der Waals surface area contributed by atoms with Crippen molar-refractivity contribution in [2.24, 2.45) is 4.99 Å². The zero-order valence-electron chi connectivity index (χ0n) is 8.58. The Hall–Kier alpha value is -0.280. The molecule has 1 aromatic carbocycles. The summed E-state index contributed by atoms with van der Waals surface area (Å²) in [6.07, 6.45) is 3.46. The molecule has 0 saturated carbocycles. The Morgan fingerprint density at radius 2 is 2.00 bits per heavy atom. The van der Waals surface area contributed by atoms with Gasteiger partial charge in [-0.2, -0.15) is 0 Å². The average Bonchev–Trinajstić information content (AvgIpc) is 2.30. The van der Waals surface area contributed by atoms with Crippen LogP contribution in [0.15, 0.2) is 33.7 Å². The fourth-order valence-electron chi connectivity index (χ4n) is 1.56. The van der Waals surface area contributed by atoms with Crippen LogP contribution in [-0.2, 0) is 6.42 Å². The van der Waals surface area contributed by atoms with Crippen LogP contribution < -0.4 is 0 Å². The van der Waals surface area contributed by atoms with Gasteiger partial charge in [0.2, 0.25) is 0 Å². The molecule has 0 unspecified atom stereocenters. The first-order valence-electron chi connectivity index (χ1n) is 5.25. The van der Waals surface area contributed by atoms with E-state index >= 15 is 0 Å². The summed E-state index contributed by atoms with van der Waals surface area (Å²) in [7, 11) is 0. The molecule has 1 aliphatic heterocycles. The van der Waals surface area contributed by atoms with E-state index in [1.807, 2.05) is 11.8 Å². The number of rotatable bonds is 3. The summed E-state index contributed by atoms with van der Waals surface area (Å²) in [5.74, 6) is 1.25. The minimum Gasteiger partial charge on any atom is -0.283 e. The molecule has 1 aliphatic rings. The first kappa shape index (κ1) is 11.2. The molecule has 0 radical (unpaired) electrons. The molecule has 0 bridgehead atoms. The van der Waals surface area contributed by atoms with Crippen LogP contribution in [0.5, 0.6) is 0 Å². The van der Waals surface area contributed by atoms with Crippen LogP contribution in [0, 0.1) is 0 Å². The third-order valence-corrected chi connectivity index (χ3v) is 4.09. The predicted molar refractivity (Wildman–Crippen MR) is 71.8 cm³/mol. The monoisotopic (exact) mass is 283 g/mol. The zero-order chi connectivity index (χ0) is 10.5. The third kappa shape index (κ3) is 3.65. The van der Waals surface area contributed by atoms with E-state index in [0.717, 1.165) is 23.9 Å². The van der Waals surface area contributed by atoms with Crippen LogP contribution in [0.3, 0.4) is 0 Å². The Balaban J connectivity index is 1.87. The van der Waals surface area contributed by atoms with E-state index in [0.29, 0.717) is 0 Å². The van der Waals surface area contributed by atoms with Crippen molar-refractivity contribution in [2.75, 3.05) is 12.3 Å². The molecule has 0 fully saturated rings. The van der Waals surface area contributed by atoms with E-state index in [1.54, 1.807) is 0 Å². The fourth-order valence-corrected chi connectivity index (χ4v) is 2.76. The molecule has 3 heteroatoms. The van der Waals surface area contributed by atoms with Gasteiger partial charge >= 0.3 is 0 Å². The van der Waals surface area contributed by atoms with Crippen LogP contribution in [0.4, 0.5) is 0 Å². The Kier molecular flexibility index (Phi) is 4.27. The summed E-state index contributed by atoms with van der Waals surface area (Å²) >= 11 is 5.37. The number of hydrogen-bond donors (Lipinski definition) is 0. The number of thioether (sulfide) groups is 1. The van der Waals surface area contributed by atoms with E-state index in [1.165, 1.54) is 22.8 Å². The lowest BCUT2D eigenvalue weighted by molar-refractivity contribution is 0.922. The number of hydrogen-bond acceptors (Lipinski definition) is 2. The molecule has 2 rings (SSSR count). The van der Waals surface area contributed by atoms with E-state index in [2.05, 4.69) is 45.2 Å². The molecule has 15 heavy (non-hydrogen) atoms. The van der Waals surface area contributed by atoms with Crippen molar-refractivity contribution in [2.45, 2.75) is 19.3 Å². The smallest absolute Gasteiger partial charge is 0.0679 e. The Morgan fingerprint density at radius 3 is 2.67 bits per heavy atom. The summed E-state index contributed by atoms with van der Waals surface area (Å²) < 4.78 is 1.15. The van der Waals surface area contributed by atoms with Gasteiger partial charge in [0.15, 0.2) is 0 Å². The number of benzene rings is 1. The number of halogens is 1. The first-order chi connectivity index (χ1) is 7.34. The van der Waals surface area contributed by atoms with Gasteiger partial charge < -0.3 is 0 Å². The second kappa shape index (κ2) is 5.71. The van der Waals surface area contributed by atoms with Gasteiger partial charge in [-0.15, -0.1) is 11.8 Å². The number of nitrogens with zero attached hydrogens (tertiary/aromatic N) is 1. The van der Waals surface area contributed by atoms with Gasteiger partial charge in [-0.3, -0.25) is 4.99 Å². The highest BCUT2D eigenvalue weighted by atomic mass is 79.9. The van der Waals surface area contributed by atoms with E-state index in [-0.39, 0.29) is 0 Å². The van der Waals surface area contributed by atoms with Crippen molar-refractivity contribution in [3.05, 3.63) is 34.3 Å². The number of aryl methyl sites for hydroxylation is 1. The molecular weight excluding hydrogens is 270 g/mol. The molecule has 0 amide bonds. The Bertz CT molecular complexity index is 345. The molecule has 80 valence electrons. The van der Waals surface area contributed by atoms with E-state index < -0.39 is 0 Å². The van der Waals surface area contributed by atoms with Gasteiger partial charge in [-0.25, -0.2) is 0 Å². The normalized spacial score (nSPS) is 16.2. The molecule has 0 N–H and O–H groups in total. The maximum absolute atomic E-state index is 4.53. The molecule has 0 aliphatic carbocycles. The maximum atomic E-state index is 4.53. The molecule has 1 aromatic rings. The van der Waals surface area contributed by atoms with Crippen molar-refractivity contribution in [1.29, 1.82) is 0 Å². The molecule has 1 nitrogen and oxygen atoms in total. The van der Waals surface area contributed by atoms with Crippen molar-refractivity contribution in [1.82, 2.24) is 0 Å². The zero-order valence-corrected chi connectivity index (χ0v) is 11.0. The summed E-state index contributed by atoms with van der Waals surface area (Å²) in [6.45, 7) is 1.03. The minimum atomic E-state index is 1.03. The van der Waals surface area contributed by atoms with Crippen LogP contribution >= 0.6 is 27.7 Å². The molecule has 0 aromatic heterocycles. The summed E-state index contributed by atoms with van der Waals surface area (Å²) in [6, 6.07) is 8.56. The molecular formula is C12H14BrNS. The SMILES string of the molecule is Brc1ccc(CCC2=NCCCS2)cc1. The lowest BCUT2D eigenvalue weighted by Crippen LogP contribution is -2.04. The van der Waals surface area contributed by atoms with E-state index in [4.69, 9.17) is 0 Å². The van der Waals surface area contributed by atoms with Crippen molar-refractivity contribution < 1.29 is 0 Å². The van der Waals surface area contributed by atoms with Crippen LogP contribution in [0.25, 0.3) is 0 Å². The van der Waals surface area contributed by atoms with E-state index in [9.17, 15) is 0 Å². The molecule has 0 atom stereocenters. The lowest BCUT2D eigenvalue weighted by atomic mass is 10.1. The van der Waals surface area contributed by atoms with Gasteiger partial charge in [0, 0.05) is 16.8 Å². The number of aliphatic imine (C=N–C) groups is 1. The lowest BCUT2D eigenvalue weighted by Gasteiger charge is -2.10. The van der Waals surface area contributed by atoms with Gasteiger partial charge in [0.05, 0.1) is 5.04 Å². The Morgan fingerprint density at radius 1 is 1.20 bits per heavy atom. The first-order valence-corrected chi connectivity index (χ1v) is 7.03. The summed E-state index contributed by atoms with van der Waals surface area (Å²) in [5, 5.41) is 1.34. The predicted octanol–water partition coefficient (Wildman–Crippen LogP) is 3.92. The standard InChI is InChI=1S/C12H14BrNS/c13-11-5-2-10(3-6-11)4-7-12-14-8-1-9-15-12/h2-3,5-6H,1,4,7-9H2. The quantitative estimate of drug-likeness (QED) is 0.819. The summed E-state index contributed by atoms with van der Waals surface area (Å²) in [5.41, 5.74) is 1.40. The van der Waals surface area contributed by atoms with Crippen LogP contribution in [-0.4, -0.2) is 17.3 Å². The highest BCUT2D eigenvalue weighted by Gasteiger charge is 2.05. The summed E-state index contributed by atoms with van der Waals surface area (Å²) in [4.78, 5) is 4.53. The van der Waals surface area contributed by atoms with Crippen molar-refractivity contribution in [3.63, 3.8) is 0 Å². The topological polar surface area (TPSA) is 12.4 Å². The van der Waals surface area contributed by atoms with Crippen molar-refractivity contribution in [3.8, 4) is 0 Å². The average molecular weight is 284 g/mol. The highest BCUT2D eigenvalue weighted by molar-refractivity contribution is 9.10. The molecule has 0 saturated heterocycles. The van der Waals surface area contributed by atoms with Crippen LogP contribution in [0.1, 0.15) is 18.4 Å². The van der Waals surface area contributed by atoms with Gasteiger partial charge in [0.1, 0.15) is 0 Å².